The van der Waals surface area contributed by atoms with Gasteiger partial charge >= 0.3 is 17.9 Å². The molecule has 0 aromatic rings. The lowest BCUT2D eigenvalue weighted by Gasteiger charge is -2.18. The van der Waals surface area contributed by atoms with E-state index in [-0.39, 0.29) is 31.1 Å². The minimum absolute atomic E-state index is 0.0841. The predicted octanol–water partition coefficient (Wildman–Crippen LogP) is 18.4. The molecule has 0 fully saturated rings. The van der Waals surface area contributed by atoms with Crippen molar-refractivity contribution in [3.05, 3.63) is 85.1 Å². The number of ether oxygens (including phenoxy) is 3. The van der Waals surface area contributed by atoms with Crippen molar-refractivity contribution in [3.63, 3.8) is 0 Å². The lowest BCUT2D eigenvalue weighted by molar-refractivity contribution is -0.167. The van der Waals surface area contributed by atoms with Crippen molar-refractivity contribution in [1.29, 1.82) is 0 Å². The molecule has 0 N–H and O–H groups in total. The zero-order valence-electron chi connectivity index (χ0n) is 43.2. The van der Waals surface area contributed by atoms with Gasteiger partial charge in [0.15, 0.2) is 6.10 Å². The molecule has 6 nitrogen and oxygen atoms in total. The molecule has 1 atom stereocenters. The average molecular weight is 919 g/mol. The van der Waals surface area contributed by atoms with Crippen molar-refractivity contribution in [2.24, 2.45) is 0 Å². The fourth-order valence-electron chi connectivity index (χ4n) is 7.54. The topological polar surface area (TPSA) is 78.9 Å². The number of carbonyl (C=O) groups excluding carboxylic acids is 3. The van der Waals surface area contributed by atoms with E-state index in [0.29, 0.717) is 19.3 Å². The second kappa shape index (κ2) is 54.2. The van der Waals surface area contributed by atoms with Gasteiger partial charge in [-0.3, -0.25) is 14.4 Å². The molecule has 378 valence electrons. The predicted molar refractivity (Wildman–Crippen MR) is 284 cm³/mol. The van der Waals surface area contributed by atoms with Gasteiger partial charge in [-0.25, -0.2) is 0 Å². The Morgan fingerprint density at radius 2 is 0.591 bits per heavy atom. The van der Waals surface area contributed by atoms with Gasteiger partial charge in [0.1, 0.15) is 13.2 Å². The molecule has 0 amide bonds. The molecule has 0 aliphatic rings. The number of hydrogen-bond donors (Lipinski definition) is 0. The van der Waals surface area contributed by atoms with Gasteiger partial charge in [-0.05, 0) is 77.0 Å². The van der Waals surface area contributed by atoms with Crippen LogP contribution >= 0.6 is 0 Å². The van der Waals surface area contributed by atoms with Crippen LogP contribution in [0.25, 0.3) is 0 Å². The molecule has 0 rings (SSSR count). The van der Waals surface area contributed by atoms with E-state index >= 15 is 0 Å². The van der Waals surface area contributed by atoms with Gasteiger partial charge in [-0.15, -0.1) is 0 Å². The van der Waals surface area contributed by atoms with E-state index < -0.39 is 6.10 Å². The fraction of sp³-hybridized carbons (Fsp3) is 0.717. The van der Waals surface area contributed by atoms with E-state index in [1.165, 1.54) is 109 Å². The maximum absolute atomic E-state index is 12.8. The molecule has 0 spiro atoms. The molecule has 0 aliphatic heterocycles. The Labute approximate surface area is 407 Å². The van der Waals surface area contributed by atoms with E-state index in [0.717, 1.165) is 109 Å². The third-order valence-corrected chi connectivity index (χ3v) is 11.7. The van der Waals surface area contributed by atoms with Crippen LogP contribution in [0.5, 0.6) is 0 Å². The highest BCUT2D eigenvalue weighted by Gasteiger charge is 2.19. The maximum Gasteiger partial charge on any atom is 0.306 e. The number of allylic oxidation sites excluding steroid dienone is 14. The first-order valence-electron chi connectivity index (χ1n) is 27.6. The minimum Gasteiger partial charge on any atom is -0.462 e. The lowest BCUT2D eigenvalue weighted by Crippen LogP contribution is -2.30. The molecule has 0 heterocycles. The number of carbonyl (C=O) groups is 3. The van der Waals surface area contributed by atoms with Gasteiger partial charge in [-0.2, -0.15) is 0 Å². The van der Waals surface area contributed by atoms with Gasteiger partial charge < -0.3 is 14.2 Å². The van der Waals surface area contributed by atoms with Crippen molar-refractivity contribution in [2.75, 3.05) is 13.2 Å². The molecule has 0 aliphatic carbocycles. The standard InChI is InChI=1S/C60H102O6/c1-4-7-10-13-16-19-22-24-25-26-27-28-29-30-31-32-33-34-35-36-39-41-44-47-50-53-59(62)65-56-57(55-64-58(61)52-49-46-43-40-37-21-18-15-12-9-6-3)66-60(63)54-51-48-45-42-38-23-20-17-14-11-8-5-2/h7,10,16,19,24-25,27-28,30-31,33-34,36,39,57H,4-6,8-9,11-15,17-18,20-23,26,29,32,35,37-38,40-56H2,1-3H3/b10-7-,19-16-,25-24-,28-27-,31-30-,34-33-,39-36-. The number of hydrogen-bond acceptors (Lipinski definition) is 6. The quantitative estimate of drug-likeness (QED) is 0.0262. The van der Waals surface area contributed by atoms with Gasteiger partial charge in [-0.1, -0.05) is 247 Å². The van der Waals surface area contributed by atoms with Gasteiger partial charge in [0.25, 0.3) is 0 Å². The molecule has 6 heteroatoms. The van der Waals surface area contributed by atoms with Crippen LogP contribution < -0.4 is 0 Å². The maximum atomic E-state index is 12.8. The third-order valence-electron chi connectivity index (χ3n) is 11.7. The van der Waals surface area contributed by atoms with Gasteiger partial charge in [0.05, 0.1) is 0 Å². The smallest absolute Gasteiger partial charge is 0.306 e. The first-order chi connectivity index (χ1) is 32.5. The van der Waals surface area contributed by atoms with Crippen LogP contribution in [0.4, 0.5) is 0 Å². The van der Waals surface area contributed by atoms with Crippen LogP contribution in [-0.4, -0.2) is 37.2 Å². The highest BCUT2D eigenvalue weighted by Crippen LogP contribution is 2.15. The summed E-state index contributed by atoms with van der Waals surface area (Å²) in [5, 5.41) is 0. The molecule has 0 aromatic carbocycles. The summed E-state index contributed by atoms with van der Waals surface area (Å²) in [6.07, 6.45) is 70.0. The van der Waals surface area contributed by atoms with Crippen LogP contribution in [0.1, 0.15) is 258 Å². The zero-order chi connectivity index (χ0) is 47.9. The Hall–Kier alpha value is -3.41. The summed E-state index contributed by atoms with van der Waals surface area (Å²) in [6, 6.07) is 0. The molecule has 0 radical (unpaired) electrons. The zero-order valence-corrected chi connectivity index (χ0v) is 43.2. The first-order valence-corrected chi connectivity index (χ1v) is 27.6. The Bertz CT molecular complexity index is 1290. The Morgan fingerprint density at radius 3 is 0.924 bits per heavy atom. The highest BCUT2D eigenvalue weighted by atomic mass is 16.6. The van der Waals surface area contributed by atoms with Crippen LogP contribution in [0.3, 0.4) is 0 Å². The average Bonchev–Trinajstić information content (AvgIpc) is 3.31. The van der Waals surface area contributed by atoms with Gasteiger partial charge in [0.2, 0.25) is 0 Å². The number of esters is 3. The molecule has 66 heavy (non-hydrogen) atoms. The van der Waals surface area contributed by atoms with Crippen molar-refractivity contribution in [1.82, 2.24) is 0 Å². The second-order valence-electron chi connectivity index (χ2n) is 18.1. The van der Waals surface area contributed by atoms with E-state index in [2.05, 4.69) is 106 Å². The van der Waals surface area contributed by atoms with Crippen LogP contribution in [-0.2, 0) is 28.6 Å². The van der Waals surface area contributed by atoms with Crippen LogP contribution in [0, 0.1) is 0 Å². The summed E-state index contributed by atoms with van der Waals surface area (Å²) < 4.78 is 16.8. The van der Waals surface area contributed by atoms with Crippen LogP contribution in [0.2, 0.25) is 0 Å². The van der Waals surface area contributed by atoms with Crippen molar-refractivity contribution in [3.8, 4) is 0 Å². The van der Waals surface area contributed by atoms with E-state index in [4.69, 9.17) is 14.2 Å². The highest BCUT2D eigenvalue weighted by molar-refractivity contribution is 5.71. The van der Waals surface area contributed by atoms with Crippen molar-refractivity contribution < 1.29 is 28.6 Å². The summed E-state index contributed by atoms with van der Waals surface area (Å²) in [7, 11) is 0. The van der Waals surface area contributed by atoms with Crippen molar-refractivity contribution >= 4 is 17.9 Å². The molecule has 0 saturated carbocycles. The summed E-state index contributed by atoms with van der Waals surface area (Å²) in [5.41, 5.74) is 0. The molecule has 0 saturated heterocycles. The molecular formula is C60H102O6. The largest absolute Gasteiger partial charge is 0.462 e. The van der Waals surface area contributed by atoms with Gasteiger partial charge in [0, 0.05) is 19.3 Å². The Morgan fingerprint density at radius 1 is 0.318 bits per heavy atom. The minimum atomic E-state index is -0.786. The molecule has 1 unspecified atom stereocenters. The summed E-state index contributed by atoms with van der Waals surface area (Å²) in [6.45, 7) is 6.49. The number of rotatable bonds is 49. The lowest BCUT2D eigenvalue weighted by atomic mass is 10.0. The summed E-state index contributed by atoms with van der Waals surface area (Å²) in [4.78, 5) is 38.0. The summed E-state index contributed by atoms with van der Waals surface area (Å²) in [5.74, 6) is -0.915. The van der Waals surface area contributed by atoms with Crippen LogP contribution in [0.15, 0.2) is 85.1 Å². The monoisotopic (exact) mass is 919 g/mol. The third kappa shape index (κ3) is 51.6. The molecule has 0 bridgehead atoms. The van der Waals surface area contributed by atoms with Crippen molar-refractivity contribution in [2.45, 2.75) is 264 Å². The summed E-state index contributed by atoms with van der Waals surface area (Å²) >= 11 is 0. The normalized spacial score (nSPS) is 12.7. The van der Waals surface area contributed by atoms with E-state index in [1.807, 2.05) is 0 Å². The Kier molecular flexibility index (Phi) is 51.4. The van der Waals surface area contributed by atoms with E-state index in [9.17, 15) is 14.4 Å². The molecular weight excluding hydrogens is 817 g/mol. The molecule has 0 aromatic heterocycles. The number of unbranched alkanes of at least 4 members (excludes halogenated alkanes) is 24. The fourth-order valence-corrected chi connectivity index (χ4v) is 7.54. The van der Waals surface area contributed by atoms with E-state index in [1.54, 1.807) is 0 Å². The SMILES string of the molecule is CC/C=C\C/C=C\C/C=C\C/C=C\C/C=C\C/C=C\C/C=C\CCCCCC(=O)OCC(COC(=O)CCCCCCCCCCCCC)OC(=O)CCCCCCCCCCCCCC. The Balaban J connectivity index is 4.35. The second-order valence-corrected chi connectivity index (χ2v) is 18.1. The first kappa shape index (κ1) is 62.6.